The maximum absolute atomic E-state index is 12.8. The van der Waals surface area contributed by atoms with E-state index < -0.39 is 0 Å². The molecule has 2 aromatic heterocycles. The molecule has 6 heteroatoms. The molecule has 0 aliphatic carbocycles. The summed E-state index contributed by atoms with van der Waals surface area (Å²) in [4.78, 5) is 0. The highest BCUT2D eigenvalue weighted by Gasteiger charge is 2.06. The second-order valence-corrected chi connectivity index (χ2v) is 4.05. The number of nitrogens with zero attached hydrogens (tertiary/aromatic N) is 3. The van der Waals surface area contributed by atoms with Crippen LogP contribution >= 0.6 is 0 Å². The molecule has 19 heavy (non-hydrogen) atoms. The highest BCUT2D eigenvalue weighted by atomic mass is 19.1. The van der Waals surface area contributed by atoms with E-state index in [9.17, 15) is 4.39 Å². The van der Waals surface area contributed by atoms with Crippen LogP contribution in [0.3, 0.4) is 0 Å². The van der Waals surface area contributed by atoms with E-state index >= 15 is 0 Å². The quantitative estimate of drug-likeness (QED) is 0.780. The highest BCUT2D eigenvalue weighted by molar-refractivity contribution is 5.47. The lowest BCUT2D eigenvalue weighted by Gasteiger charge is -2.05. The largest absolute Gasteiger partial charge is 0.486 e. The van der Waals surface area contributed by atoms with Crippen molar-refractivity contribution in [2.45, 2.75) is 6.61 Å². The molecule has 3 rings (SSSR count). The predicted molar refractivity (Wildman–Crippen MR) is 68.1 cm³/mol. The number of nitrogens with two attached hydrogens (primary N) is 1. The van der Waals surface area contributed by atoms with E-state index in [2.05, 4.69) is 10.2 Å². The van der Waals surface area contributed by atoms with Crippen molar-refractivity contribution in [1.82, 2.24) is 14.6 Å². The van der Waals surface area contributed by atoms with Crippen LogP contribution in [0.4, 0.5) is 10.1 Å². The molecule has 0 aliphatic rings. The van der Waals surface area contributed by atoms with Gasteiger partial charge in [-0.05, 0) is 36.4 Å². The van der Waals surface area contributed by atoms with Gasteiger partial charge < -0.3 is 10.5 Å². The summed E-state index contributed by atoms with van der Waals surface area (Å²) < 4.78 is 20.0. The highest BCUT2D eigenvalue weighted by Crippen LogP contribution is 2.14. The molecule has 0 spiro atoms. The van der Waals surface area contributed by atoms with Gasteiger partial charge in [0.25, 0.3) is 0 Å². The van der Waals surface area contributed by atoms with Gasteiger partial charge >= 0.3 is 0 Å². The van der Waals surface area contributed by atoms with Crippen LogP contribution in [0.2, 0.25) is 0 Å². The van der Waals surface area contributed by atoms with Gasteiger partial charge in [-0.25, -0.2) is 4.39 Å². The molecule has 0 atom stereocenters. The Bertz CT molecular complexity index is 708. The lowest BCUT2D eigenvalue weighted by Crippen LogP contribution is -2.02. The smallest absolute Gasteiger partial charge is 0.175 e. The third kappa shape index (κ3) is 2.33. The zero-order valence-electron chi connectivity index (χ0n) is 9.95. The van der Waals surface area contributed by atoms with Gasteiger partial charge in [0.1, 0.15) is 18.2 Å². The van der Waals surface area contributed by atoms with Gasteiger partial charge in [0.05, 0.1) is 0 Å². The van der Waals surface area contributed by atoms with Gasteiger partial charge in [0.15, 0.2) is 11.5 Å². The molecular formula is C13H11FN4O. The maximum Gasteiger partial charge on any atom is 0.175 e. The number of nitrogen functional groups attached to an aromatic ring is 1. The first-order chi connectivity index (χ1) is 9.22. The number of aromatic nitrogens is 3. The van der Waals surface area contributed by atoms with Gasteiger partial charge in [0, 0.05) is 11.9 Å². The van der Waals surface area contributed by atoms with Crippen LogP contribution in [0.1, 0.15) is 5.82 Å². The first-order valence-electron chi connectivity index (χ1n) is 5.70. The van der Waals surface area contributed by atoms with Crippen LogP contribution in [0.25, 0.3) is 5.65 Å². The molecule has 2 N–H and O–H groups in total. The lowest BCUT2D eigenvalue weighted by molar-refractivity contribution is 0.294. The van der Waals surface area contributed by atoms with Gasteiger partial charge in [-0.3, -0.25) is 4.40 Å². The van der Waals surface area contributed by atoms with Gasteiger partial charge in [-0.1, -0.05) is 0 Å². The van der Waals surface area contributed by atoms with E-state index in [1.807, 2.05) is 0 Å². The second kappa shape index (κ2) is 4.56. The van der Waals surface area contributed by atoms with E-state index in [4.69, 9.17) is 10.5 Å². The first-order valence-corrected chi connectivity index (χ1v) is 5.70. The minimum absolute atomic E-state index is 0.232. The predicted octanol–water partition coefficient (Wildman–Crippen LogP) is 2.03. The summed E-state index contributed by atoms with van der Waals surface area (Å²) >= 11 is 0. The summed E-state index contributed by atoms with van der Waals surface area (Å²) in [6, 6.07) is 9.35. The minimum atomic E-state index is -0.298. The molecule has 0 bridgehead atoms. The zero-order valence-corrected chi connectivity index (χ0v) is 9.95. The summed E-state index contributed by atoms with van der Waals surface area (Å²) in [5, 5.41) is 8.03. The van der Waals surface area contributed by atoms with Crippen molar-refractivity contribution in [2.75, 3.05) is 5.73 Å². The van der Waals surface area contributed by atoms with Crippen molar-refractivity contribution in [2.24, 2.45) is 0 Å². The summed E-state index contributed by atoms with van der Waals surface area (Å²) in [5.74, 6) is 0.904. The number of pyridine rings is 1. The number of rotatable bonds is 3. The molecule has 0 amide bonds. The van der Waals surface area contributed by atoms with E-state index in [0.717, 1.165) is 0 Å². The van der Waals surface area contributed by atoms with Crippen LogP contribution in [0.5, 0.6) is 5.75 Å². The van der Waals surface area contributed by atoms with Crippen LogP contribution in [-0.4, -0.2) is 14.6 Å². The summed E-state index contributed by atoms with van der Waals surface area (Å²) in [7, 11) is 0. The van der Waals surface area contributed by atoms with Gasteiger partial charge in [-0.15, -0.1) is 10.2 Å². The molecule has 0 fully saturated rings. The summed E-state index contributed by atoms with van der Waals surface area (Å²) in [6.07, 6.45) is 1.73. The Labute approximate surface area is 108 Å². The second-order valence-electron chi connectivity index (χ2n) is 4.05. The van der Waals surface area contributed by atoms with Crippen molar-refractivity contribution in [3.63, 3.8) is 0 Å². The van der Waals surface area contributed by atoms with E-state index in [1.54, 1.807) is 34.9 Å². The molecule has 0 unspecified atom stereocenters. The molecule has 0 saturated carbocycles. The minimum Gasteiger partial charge on any atom is -0.486 e. The number of fused-ring (bicyclic) bond motifs is 1. The van der Waals surface area contributed by atoms with Crippen molar-refractivity contribution >= 4 is 11.3 Å². The van der Waals surface area contributed by atoms with Crippen LogP contribution in [0.15, 0.2) is 42.6 Å². The molecule has 0 aliphatic heterocycles. The van der Waals surface area contributed by atoms with E-state index in [-0.39, 0.29) is 12.4 Å². The number of ether oxygens (including phenoxy) is 1. The molecule has 3 aromatic rings. The average Bonchev–Trinajstić information content (AvgIpc) is 2.80. The Hall–Kier alpha value is -2.63. The molecule has 96 valence electrons. The Morgan fingerprint density at radius 2 is 1.89 bits per heavy atom. The maximum atomic E-state index is 12.8. The number of halogens is 1. The molecule has 0 radical (unpaired) electrons. The topological polar surface area (TPSA) is 65.4 Å². The fourth-order valence-corrected chi connectivity index (χ4v) is 1.73. The summed E-state index contributed by atoms with van der Waals surface area (Å²) in [6.45, 7) is 0.232. The molecule has 0 saturated heterocycles. The summed E-state index contributed by atoms with van der Waals surface area (Å²) in [5.41, 5.74) is 7.04. The first kappa shape index (κ1) is 11.5. The van der Waals surface area contributed by atoms with Crippen LogP contribution in [-0.2, 0) is 6.61 Å². The Morgan fingerprint density at radius 3 is 2.68 bits per heavy atom. The van der Waals surface area contributed by atoms with Crippen LogP contribution in [0, 0.1) is 5.82 Å². The Balaban J connectivity index is 1.81. The normalized spacial score (nSPS) is 10.8. The molecular weight excluding hydrogens is 247 g/mol. The van der Waals surface area contributed by atoms with Crippen molar-refractivity contribution < 1.29 is 9.13 Å². The molecule has 1 aromatic carbocycles. The molecule has 5 nitrogen and oxygen atoms in total. The average molecular weight is 258 g/mol. The van der Waals surface area contributed by atoms with E-state index in [0.29, 0.717) is 22.9 Å². The van der Waals surface area contributed by atoms with Crippen molar-refractivity contribution in [3.05, 3.63) is 54.2 Å². The van der Waals surface area contributed by atoms with Crippen molar-refractivity contribution in [3.8, 4) is 5.75 Å². The number of hydrogen-bond donors (Lipinski definition) is 1. The number of anilines is 1. The Kier molecular flexibility index (Phi) is 2.75. The van der Waals surface area contributed by atoms with Crippen molar-refractivity contribution in [1.29, 1.82) is 0 Å². The SMILES string of the molecule is Nc1ccc2nnc(COc3ccc(F)cc3)n2c1. The number of benzene rings is 1. The Morgan fingerprint density at radius 1 is 1.11 bits per heavy atom. The van der Waals surface area contributed by atoms with Gasteiger partial charge in [0.2, 0.25) is 0 Å². The molecule has 2 heterocycles. The third-order valence-electron chi connectivity index (χ3n) is 2.68. The third-order valence-corrected chi connectivity index (χ3v) is 2.68. The fraction of sp³-hybridized carbons (Fsp3) is 0.0769. The monoisotopic (exact) mass is 258 g/mol. The lowest BCUT2D eigenvalue weighted by atomic mass is 10.3. The fourth-order valence-electron chi connectivity index (χ4n) is 1.73. The number of hydrogen-bond acceptors (Lipinski definition) is 4. The van der Waals surface area contributed by atoms with Gasteiger partial charge in [-0.2, -0.15) is 0 Å². The zero-order chi connectivity index (χ0) is 13.2. The standard InChI is InChI=1S/C13H11FN4O/c14-9-1-4-11(5-2-9)19-8-13-17-16-12-6-3-10(15)7-18(12)13/h1-7H,8,15H2. The van der Waals surface area contributed by atoms with Crippen LogP contribution < -0.4 is 10.5 Å². The van der Waals surface area contributed by atoms with E-state index in [1.165, 1.54) is 12.1 Å².